The van der Waals surface area contributed by atoms with Crippen LogP contribution in [0.4, 0.5) is 0 Å². The Labute approximate surface area is 199 Å². The molecular formula is C27H27ClN2O3. The molecule has 5 nitrogen and oxygen atoms in total. The molecule has 0 saturated carbocycles. The number of rotatable bonds is 10. The minimum absolute atomic E-state index is 0.144. The van der Waals surface area contributed by atoms with Crippen molar-refractivity contribution in [2.75, 3.05) is 13.7 Å². The molecule has 1 N–H and O–H groups in total. The van der Waals surface area contributed by atoms with Crippen LogP contribution < -0.4 is 10.1 Å². The van der Waals surface area contributed by atoms with Crippen LogP contribution in [0.2, 0.25) is 5.02 Å². The van der Waals surface area contributed by atoms with Gasteiger partial charge in [-0.3, -0.25) is 9.59 Å². The molecule has 0 aliphatic carbocycles. The van der Waals surface area contributed by atoms with E-state index in [1.54, 1.807) is 30.2 Å². The van der Waals surface area contributed by atoms with Gasteiger partial charge in [0.05, 0.1) is 13.5 Å². The van der Waals surface area contributed by atoms with E-state index in [0.717, 1.165) is 22.4 Å². The second-order valence-corrected chi connectivity index (χ2v) is 7.96. The summed E-state index contributed by atoms with van der Waals surface area (Å²) in [7, 11) is 1.60. The van der Waals surface area contributed by atoms with Gasteiger partial charge in [-0.2, -0.15) is 0 Å². The summed E-state index contributed by atoms with van der Waals surface area (Å²) in [4.78, 5) is 28.4. The van der Waals surface area contributed by atoms with Crippen molar-refractivity contribution in [3.63, 3.8) is 0 Å². The topological polar surface area (TPSA) is 58.6 Å². The molecule has 33 heavy (non-hydrogen) atoms. The molecule has 3 aromatic rings. The number of benzene rings is 3. The van der Waals surface area contributed by atoms with Crippen LogP contribution >= 0.6 is 11.6 Å². The van der Waals surface area contributed by atoms with E-state index in [2.05, 4.69) is 11.9 Å². The molecule has 1 atom stereocenters. The van der Waals surface area contributed by atoms with E-state index >= 15 is 0 Å². The summed E-state index contributed by atoms with van der Waals surface area (Å²) >= 11 is 6.00. The molecule has 0 radical (unpaired) electrons. The van der Waals surface area contributed by atoms with Gasteiger partial charge in [0.1, 0.15) is 11.8 Å². The highest BCUT2D eigenvalue weighted by molar-refractivity contribution is 6.30. The highest BCUT2D eigenvalue weighted by Crippen LogP contribution is 2.26. The molecule has 0 aliphatic rings. The number of halogens is 1. The number of nitrogens with one attached hydrogen (secondary N) is 1. The third-order valence-electron chi connectivity index (χ3n) is 5.20. The van der Waals surface area contributed by atoms with Gasteiger partial charge in [0.15, 0.2) is 0 Å². The monoisotopic (exact) mass is 462 g/mol. The van der Waals surface area contributed by atoms with E-state index in [4.69, 9.17) is 16.3 Å². The van der Waals surface area contributed by atoms with Crippen LogP contribution in [-0.2, 0) is 22.6 Å². The van der Waals surface area contributed by atoms with E-state index in [1.165, 1.54) is 0 Å². The average Bonchev–Trinajstić information content (AvgIpc) is 2.84. The number of hydrogen-bond donors (Lipinski definition) is 1. The molecule has 0 unspecified atom stereocenters. The van der Waals surface area contributed by atoms with Crippen molar-refractivity contribution in [1.82, 2.24) is 10.2 Å². The zero-order valence-electron chi connectivity index (χ0n) is 18.5. The van der Waals surface area contributed by atoms with Crippen LogP contribution in [0.1, 0.15) is 22.7 Å². The summed E-state index contributed by atoms with van der Waals surface area (Å²) < 4.78 is 5.24. The van der Waals surface area contributed by atoms with Crippen molar-refractivity contribution >= 4 is 23.4 Å². The lowest BCUT2D eigenvalue weighted by molar-refractivity contribution is -0.141. The van der Waals surface area contributed by atoms with Gasteiger partial charge in [0.25, 0.3) is 0 Å². The van der Waals surface area contributed by atoms with Gasteiger partial charge < -0.3 is 15.0 Å². The predicted octanol–water partition coefficient (Wildman–Crippen LogP) is 4.96. The number of amides is 2. The zero-order valence-corrected chi connectivity index (χ0v) is 19.3. The fourth-order valence-electron chi connectivity index (χ4n) is 3.51. The second kappa shape index (κ2) is 11.9. The number of carbonyl (C=O) groups excluding carboxylic acids is 2. The molecule has 2 amide bonds. The molecule has 0 aromatic heterocycles. The van der Waals surface area contributed by atoms with Gasteiger partial charge in [-0.05, 0) is 41.0 Å². The summed E-state index contributed by atoms with van der Waals surface area (Å²) in [6, 6.07) is 23.1. The fourth-order valence-corrected chi connectivity index (χ4v) is 3.63. The molecule has 3 rings (SSSR count). The molecule has 0 saturated heterocycles. The first-order chi connectivity index (χ1) is 16.0. The summed E-state index contributed by atoms with van der Waals surface area (Å²) in [6.07, 6.45) is 1.76. The standard InChI is InChI=1S/C27H27ClN2O3/c1-3-17-29-27(32)26(22-7-5-4-6-8-22)30(19-21-11-15-24(33-2)16-12-21)25(31)18-20-9-13-23(28)14-10-20/h3-16,26H,1,17-19H2,2H3,(H,29,32)/t26-/m0/s1. The number of carbonyl (C=O) groups is 2. The van der Waals surface area contributed by atoms with Crippen molar-refractivity contribution in [2.24, 2.45) is 0 Å². The minimum atomic E-state index is -0.798. The maximum Gasteiger partial charge on any atom is 0.247 e. The Morgan fingerprint density at radius 2 is 1.64 bits per heavy atom. The summed E-state index contributed by atoms with van der Waals surface area (Å²) in [5.74, 6) is 0.288. The molecular weight excluding hydrogens is 436 g/mol. The van der Waals surface area contributed by atoms with Gasteiger partial charge in [0, 0.05) is 18.1 Å². The van der Waals surface area contributed by atoms with Gasteiger partial charge in [-0.1, -0.05) is 72.3 Å². The van der Waals surface area contributed by atoms with Crippen LogP contribution in [0.25, 0.3) is 0 Å². The first-order valence-corrected chi connectivity index (χ1v) is 11.0. The lowest BCUT2D eigenvalue weighted by atomic mass is 10.0. The van der Waals surface area contributed by atoms with Crippen molar-refractivity contribution in [3.05, 3.63) is 113 Å². The predicted molar refractivity (Wildman–Crippen MR) is 131 cm³/mol. The summed E-state index contributed by atoms with van der Waals surface area (Å²) in [5.41, 5.74) is 2.44. The first-order valence-electron chi connectivity index (χ1n) is 10.6. The molecule has 0 aliphatic heterocycles. The molecule has 170 valence electrons. The van der Waals surface area contributed by atoms with Crippen LogP contribution in [0.3, 0.4) is 0 Å². The number of methoxy groups -OCH3 is 1. The van der Waals surface area contributed by atoms with Gasteiger partial charge in [-0.15, -0.1) is 6.58 Å². The normalized spacial score (nSPS) is 11.3. The highest BCUT2D eigenvalue weighted by Gasteiger charge is 2.31. The van der Waals surface area contributed by atoms with Gasteiger partial charge in [0.2, 0.25) is 11.8 Å². The molecule has 0 spiro atoms. The highest BCUT2D eigenvalue weighted by atomic mass is 35.5. The van der Waals surface area contributed by atoms with Crippen LogP contribution in [-0.4, -0.2) is 30.4 Å². The van der Waals surface area contributed by atoms with Crippen LogP contribution in [0, 0.1) is 0 Å². The Morgan fingerprint density at radius 1 is 1.00 bits per heavy atom. The van der Waals surface area contributed by atoms with E-state index < -0.39 is 6.04 Å². The van der Waals surface area contributed by atoms with E-state index in [-0.39, 0.29) is 24.8 Å². The second-order valence-electron chi connectivity index (χ2n) is 7.52. The lowest BCUT2D eigenvalue weighted by Gasteiger charge is -2.31. The average molecular weight is 463 g/mol. The third-order valence-corrected chi connectivity index (χ3v) is 5.45. The van der Waals surface area contributed by atoms with Crippen molar-refractivity contribution < 1.29 is 14.3 Å². The third kappa shape index (κ3) is 6.70. The molecule has 0 heterocycles. The maximum atomic E-state index is 13.6. The summed E-state index contributed by atoms with van der Waals surface area (Å²) in [6.45, 7) is 4.24. The molecule has 3 aromatic carbocycles. The molecule has 0 fully saturated rings. The molecule has 0 bridgehead atoms. The van der Waals surface area contributed by atoms with Crippen LogP contribution in [0.15, 0.2) is 91.5 Å². The Balaban J connectivity index is 1.98. The van der Waals surface area contributed by atoms with Crippen LogP contribution in [0.5, 0.6) is 5.75 Å². The van der Waals surface area contributed by atoms with Gasteiger partial charge >= 0.3 is 0 Å². The Hall–Kier alpha value is -3.57. The number of hydrogen-bond acceptors (Lipinski definition) is 3. The Bertz CT molecular complexity index is 1070. The largest absolute Gasteiger partial charge is 0.497 e. The SMILES string of the molecule is C=CCNC(=O)[C@H](c1ccccc1)N(Cc1ccc(OC)cc1)C(=O)Cc1ccc(Cl)cc1. The maximum absolute atomic E-state index is 13.6. The number of nitrogens with zero attached hydrogens (tertiary/aromatic N) is 1. The van der Waals surface area contributed by atoms with Crippen molar-refractivity contribution in [3.8, 4) is 5.75 Å². The number of ether oxygens (including phenoxy) is 1. The smallest absolute Gasteiger partial charge is 0.247 e. The quantitative estimate of drug-likeness (QED) is 0.433. The fraction of sp³-hybridized carbons (Fsp3) is 0.185. The minimum Gasteiger partial charge on any atom is -0.497 e. The van der Waals surface area contributed by atoms with E-state index in [0.29, 0.717) is 11.6 Å². The van der Waals surface area contributed by atoms with Crippen molar-refractivity contribution in [2.45, 2.75) is 19.0 Å². The Kier molecular flexibility index (Phi) is 8.67. The van der Waals surface area contributed by atoms with Gasteiger partial charge in [-0.25, -0.2) is 0 Å². The Morgan fingerprint density at radius 3 is 2.24 bits per heavy atom. The zero-order chi connectivity index (χ0) is 23.6. The molecule has 6 heteroatoms. The lowest BCUT2D eigenvalue weighted by Crippen LogP contribution is -2.44. The summed E-state index contributed by atoms with van der Waals surface area (Å²) in [5, 5.41) is 3.46. The van der Waals surface area contributed by atoms with E-state index in [9.17, 15) is 9.59 Å². The van der Waals surface area contributed by atoms with Crippen molar-refractivity contribution in [1.29, 1.82) is 0 Å². The van der Waals surface area contributed by atoms with E-state index in [1.807, 2.05) is 66.7 Å². The first kappa shape index (κ1) is 24.1.